The molecule has 1 aromatic rings. The number of carbonyl (C=O) groups is 2. The van der Waals surface area contributed by atoms with Crippen molar-refractivity contribution < 1.29 is 14.7 Å². The van der Waals surface area contributed by atoms with Crippen LogP contribution in [0, 0.1) is 0 Å². The number of carboxylic acids is 1. The lowest BCUT2D eigenvalue weighted by Gasteiger charge is -2.25. The molecule has 1 N–H and O–H groups in total. The van der Waals surface area contributed by atoms with Crippen LogP contribution in [0.25, 0.3) is 0 Å². The van der Waals surface area contributed by atoms with E-state index in [-0.39, 0.29) is 18.4 Å². The fourth-order valence-corrected chi connectivity index (χ4v) is 1.83. The van der Waals surface area contributed by atoms with Crippen LogP contribution in [0.3, 0.4) is 0 Å². The summed E-state index contributed by atoms with van der Waals surface area (Å²) >= 11 is 1.12. The predicted octanol–water partition coefficient (Wildman–Crippen LogP) is 1.25. The summed E-state index contributed by atoms with van der Waals surface area (Å²) < 4.78 is 3.64. The highest BCUT2D eigenvalue weighted by molar-refractivity contribution is 7.03. The third-order valence-corrected chi connectivity index (χ3v) is 2.76. The van der Waals surface area contributed by atoms with Crippen molar-refractivity contribution in [3.8, 4) is 0 Å². The van der Waals surface area contributed by atoms with Gasteiger partial charge >= 0.3 is 5.97 Å². The van der Waals surface area contributed by atoms with Crippen molar-refractivity contribution in [1.82, 2.24) is 14.5 Å². The molecule has 0 saturated carbocycles. The minimum Gasteiger partial charge on any atom is -0.481 e. The topological polar surface area (TPSA) is 83.4 Å². The first kappa shape index (κ1) is 13.6. The van der Waals surface area contributed by atoms with Crippen LogP contribution >= 0.6 is 11.5 Å². The van der Waals surface area contributed by atoms with Gasteiger partial charge in [0.2, 0.25) is 0 Å². The van der Waals surface area contributed by atoms with Gasteiger partial charge in [-0.25, -0.2) is 0 Å². The summed E-state index contributed by atoms with van der Waals surface area (Å²) in [4.78, 5) is 24.0. The Kier molecular flexibility index (Phi) is 5.02. The Morgan fingerprint density at radius 2 is 2.24 bits per heavy atom. The molecule has 1 rings (SSSR count). The van der Waals surface area contributed by atoms with Gasteiger partial charge in [0.1, 0.15) is 0 Å². The zero-order valence-electron chi connectivity index (χ0n) is 9.79. The minimum atomic E-state index is -0.850. The zero-order valence-corrected chi connectivity index (χ0v) is 10.6. The third kappa shape index (κ3) is 4.10. The predicted molar refractivity (Wildman–Crippen MR) is 63.0 cm³/mol. The van der Waals surface area contributed by atoms with Crippen LogP contribution in [0.4, 0.5) is 0 Å². The summed E-state index contributed by atoms with van der Waals surface area (Å²) in [6.07, 6.45) is 0.503. The molecule has 1 amide bonds. The molecular weight excluding hydrogens is 242 g/mol. The fourth-order valence-electron chi connectivity index (χ4n) is 1.40. The maximum Gasteiger partial charge on any atom is 0.303 e. The molecule has 0 aliphatic heterocycles. The molecule has 6 nitrogen and oxygen atoms in total. The SMILES string of the molecule is CC(C)N(CCCC(=O)O)C(=O)c1csnn1. The number of hydrogen-bond donors (Lipinski definition) is 1. The van der Waals surface area contributed by atoms with Gasteiger partial charge in [0.15, 0.2) is 5.69 Å². The number of aromatic nitrogens is 2. The van der Waals surface area contributed by atoms with Crippen LogP contribution in [-0.2, 0) is 4.79 Å². The quantitative estimate of drug-likeness (QED) is 0.829. The van der Waals surface area contributed by atoms with Gasteiger partial charge in [-0.3, -0.25) is 9.59 Å². The van der Waals surface area contributed by atoms with Gasteiger partial charge in [-0.1, -0.05) is 4.49 Å². The molecule has 0 bridgehead atoms. The molecule has 0 aliphatic carbocycles. The first-order valence-electron chi connectivity index (χ1n) is 5.32. The first-order chi connectivity index (χ1) is 8.02. The molecule has 7 heteroatoms. The lowest BCUT2D eigenvalue weighted by atomic mass is 10.2. The van der Waals surface area contributed by atoms with Crippen molar-refractivity contribution in [3.63, 3.8) is 0 Å². The maximum absolute atomic E-state index is 12.0. The van der Waals surface area contributed by atoms with E-state index in [4.69, 9.17) is 5.11 Å². The molecule has 17 heavy (non-hydrogen) atoms. The Hall–Kier alpha value is -1.50. The van der Waals surface area contributed by atoms with E-state index in [1.165, 1.54) is 0 Å². The highest BCUT2D eigenvalue weighted by Crippen LogP contribution is 2.09. The Morgan fingerprint density at radius 1 is 1.53 bits per heavy atom. The van der Waals surface area contributed by atoms with Crippen molar-refractivity contribution >= 4 is 23.4 Å². The van der Waals surface area contributed by atoms with Gasteiger partial charge in [-0.2, -0.15) is 0 Å². The second-order valence-corrected chi connectivity index (χ2v) is 4.49. The Balaban J connectivity index is 2.60. The average molecular weight is 257 g/mol. The molecule has 1 heterocycles. The summed E-state index contributed by atoms with van der Waals surface area (Å²) in [5.41, 5.74) is 0.319. The number of carbonyl (C=O) groups excluding carboxylic acids is 1. The lowest BCUT2D eigenvalue weighted by molar-refractivity contribution is -0.137. The summed E-state index contributed by atoms with van der Waals surface area (Å²) in [6, 6.07) is 0.0120. The van der Waals surface area contributed by atoms with Gasteiger partial charge in [0.05, 0.1) is 0 Å². The third-order valence-electron chi connectivity index (χ3n) is 2.25. The molecule has 0 radical (unpaired) electrons. The second-order valence-electron chi connectivity index (χ2n) is 3.88. The van der Waals surface area contributed by atoms with Crippen molar-refractivity contribution in [2.24, 2.45) is 0 Å². The van der Waals surface area contributed by atoms with Gasteiger partial charge in [0.25, 0.3) is 5.91 Å². The fraction of sp³-hybridized carbons (Fsp3) is 0.600. The largest absolute Gasteiger partial charge is 0.481 e. The van der Waals surface area contributed by atoms with Gasteiger partial charge in [-0.05, 0) is 31.8 Å². The highest BCUT2D eigenvalue weighted by atomic mass is 32.1. The standard InChI is InChI=1S/C10H15N3O3S/c1-7(2)13(5-3-4-9(14)15)10(16)8-6-17-12-11-8/h6-7H,3-5H2,1-2H3,(H,14,15). The summed E-state index contributed by atoms with van der Waals surface area (Å²) in [5, 5.41) is 13.9. The molecule has 0 aliphatic rings. The summed E-state index contributed by atoms with van der Waals surface area (Å²) in [7, 11) is 0. The number of hydrogen-bond acceptors (Lipinski definition) is 5. The van der Waals surface area contributed by atoms with Crippen LogP contribution in [-0.4, -0.2) is 44.1 Å². The highest BCUT2D eigenvalue weighted by Gasteiger charge is 2.20. The van der Waals surface area contributed by atoms with Crippen LogP contribution in [0.2, 0.25) is 0 Å². The number of aliphatic carboxylic acids is 1. The van der Waals surface area contributed by atoms with Crippen molar-refractivity contribution in [3.05, 3.63) is 11.1 Å². The van der Waals surface area contributed by atoms with E-state index in [2.05, 4.69) is 9.59 Å². The van der Waals surface area contributed by atoms with E-state index in [0.717, 1.165) is 11.5 Å². The number of amides is 1. The van der Waals surface area contributed by atoms with Crippen LogP contribution in [0.1, 0.15) is 37.2 Å². The molecule has 0 unspecified atom stereocenters. The van der Waals surface area contributed by atoms with E-state index < -0.39 is 5.97 Å². The summed E-state index contributed by atoms with van der Waals surface area (Å²) in [5.74, 6) is -1.05. The van der Waals surface area contributed by atoms with Gasteiger partial charge in [0, 0.05) is 24.4 Å². The molecule has 0 fully saturated rings. The van der Waals surface area contributed by atoms with Crippen LogP contribution < -0.4 is 0 Å². The zero-order chi connectivity index (χ0) is 12.8. The van der Waals surface area contributed by atoms with Crippen molar-refractivity contribution in [2.75, 3.05) is 6.54 Å². The lowest BCUT2D eigenvalue weighted by Crippen LogP contribution is -2.38. The average Bonchev–Trinajstić information content (AvgIpc) is 2.75. The van der Waals surface area contributed by atoms with E-state index >= 15 is 0 Å². The Bertz CT molecular complexity index is 378. The van der Waals surface area contributed by atoms with Crippen molar-refractivity contribution in [2.45, 2.75) is 32.7 Å². The smallest absolute Gasteiger partial charge is 0.303 e. The summed E-state index contributed by atoms with van der Waals surface area (Å²) in [6.45, 7) is 4.19. The normalized spacial score (nSPS) is 10.5. The van der Waals surface area contributed by atoms with Gasteiger partial charge < -0.3 is 10.0 Å². The van der Waals surface area contributed by atoms with E-state index in [0.29, 0.717) is 18.7 Å². The maximum atomic E-state index is 12.0. The van der Waals surface area contributed by atoms with Gasteiger partial charge in [-0.15, -0.1) is 5.10 Å². The molecule has 1 aromatic heterocycles. The Morgan fingerprint density at radius 3 is 2.71 bits per heavy atom. The first-order valence-corrected chi connectivity index (χ1v) is 6.16. The molecule has 94 valence electrons. The second kappa shape index (κ2) is 6.29. The van der Waals surface area contributed by atoms with Crippen LogP contribution in [0.15, 0.2) is 5.38 Å². The van der Waals surface area contributed by atoms with E-state index in [1.807, 2.05) is 13.8 Å². The number of rotatable bonds is 6. The minimum absolute atomic E-state index is 0.0120. The monoisotopic (exact) mass is 257 g/mol. The molecule has 0 saturated heterocycles. The van der Waals surface area contributed by atoms with E-state index in [1.54, 1.807) is 10.3 Å². The molecule has 0 spiro atoms. The molecule has 0 atom stereocenters. The molecular formula is C10H15N3O3S. The Labute approximate surface area is 103 Å². The number of nitrogens with zero attached hydrogens (tertiary/aromatic N) is 3. The van der Waals surface area contributed by atoms with Crippen molar-refractivity contribution in [1.29, 1.82) is 0 Å². The number of carboxylic acid groups (broad SMARTS) is 1. The van der Waals surface area contributed by atoms with E-state index in [9.17, 15) is 9.59 Å². The van der Waals surface area contributed by atoms with Crippen LogP contribution in [0.5, 0.6) is 0 Å². The molecule has 0 aromatic carbocycles.